The van der Waals surface area contributed by atoms with Gasteiger partial charge in [-0.15, -0.1) is 0 Å². The highest BCUT2D eigenvalue weighted by Crippen LogP contribution is 2.21. The molecule has 0 aliphatic carbocycles. The topological polar surface area (TPSA) is 85.5 Å². The van der Waals surface area contributed by atoms with E-state index in [0.717, 1.165) is 18.5 Å². The van der Waals surface area contributed by atoms with Crippen molar-refractivity contribution in [3.63, 3.8) is 0 Å². The number of carbonyl (C=O) groups is 2. The number of esters is 1. The molecule has 126 valence electrons. The van der Waals surface area contributed by atoms with E-state index in [2.05, 4.69) is 10.1 Å². The van der Waals surface area contributed by atoms with Crippen molar-refractivity contribution in [1.29, 1.82) is 0 Å². The number of ether oxygens (including phenoxy) is 1. The molecule has 0 N–H and O–H groups in total. The normalized spacial score (nSPS) is 17.5. The zero-order valence-electron chi connectivity index (χ0n) is 13.5. The Balaban J connectivity index is 1.67. The lowest BCUT2D eigenvalue weighted by Crippen LogP contribution is -2.48. The zero-order chi connectivity index (χ0) is 16.9. The number of likely N-dealkylation sites (tertiary alicyclic amines) is 1. The Kier molecular flexibility index (Phi) is 4.88. The molecule has 1 fully saturated rings. The molecule has 0 unspecified atom stereocenters. The van der Waals surface area contributed by atoms with Gasteiger partial charge in [0, 0.05) is 25.0 Å². The minimum atomic E-state index is -0.574. The average Bonchev–Trinajstić information content (AvgIpc) is 3.05. The molecule has 0 aromatic carbocycles. The minimum Gasteiger partial charge on any atom is -0.456 e. The van der Waals surface area contributed by atoms with Crippen LogP contribution in [0.2, 0.25) is 0 Å². The summed E-state index contributed by atoms with van der Waals surface area (Å²) in [6, 6.07) is 4.54. The maximum Gasteiger partial charge on any atom is 0.329 e. The van der Waals surface area contributed by atoms with Crippen molar-refractivity contribution in [3.8, 4) is 0 Å². The minimum absolute atomic E-state index is 0.0189. The van der Waals surface area contributed by atoms with Crippen LogP contribution in [0.1, 0.15) is 41.1 Å². The Morgan fingerprint density at radius 2 is 2.29 bits per heavy atom. The molecule has 0 radical (unpaired) electrons. The Labute approximate surface area is 139 Å². The van der Waals surface area contributed by atoms with E-state index in [1.807, 2.05) is 0 Å². The fraction of sp³-hybridized carbons (Fsp3) is 0.412. The van der Waals surface area contributed by atoms with Crippen LogP contribution in [-0.4, -0.2) is 39.5 Å². The first-order chi connectivity index (χ1) is 11.6. The van der Waals surface area contributed by atoms with Gasteiger partial charge in [-0.3, -0.25) is 9.78 Å². The molecule has 7 heteroatoms. The smallest absolute Gasteiger partial charge is 0.329 e. The van der Waals surface area contributed by atoms with Gasteiger partial charge < -0.3 is 14.2 Å². The van der Waals surface area contributed by atoms with Crippen molar-refractivity contribution in [1.82, 2.24) is 15.0 Å². The van der Waals surface area contributed by atoms with Gasteiger partial charge in [0.25, 0.3) is 5.91 Å². The lowest BCUT2D eigenvalue weighted by atomic mass is 10.0. The van der Waals surface area contributed by atoms with Crippen LogP contribution in [-0.2, 0) is 16.1 Å². The number of pyridine rings is 1. The maximum atomic E-state index is 12.6. The Morgan fingerprint density at radius 1 is 1.42 bits per heavy atom. The van der Waals surface area contributed by atoms with Crippen molar-refractivity contribution in [2.75, 3.05) is 6.54 Å². The molecule has 1 saturated heterocycles. The number of carbonyl (C=O) groups excluding carboxylic acids is 2. The molecule has 24 heavy (non-hydrogen) atoms. The molecule has 3 rings (SSSR count). The number of rotatable bonds is 4. The molecule has 3 heterocycles. The summed E-state index contributed by atoms with van der Waals surface area (Å²) in [5.41, 5.74) is 1.20. The summed E-state index contributed by atoms with van der Waals surface area (Å²) in [6.45, 7) is 2.35. The molecular weight excluding hydrogens is 310 g/mol. The highest BCUT2D eigenvalue weighted by molar-refractivity contribution is 5.96. The van der Waals surface area contributed by atoms with Crippen LogP contribution in [0.5, 0.6) is 0 Å². The highest BCUT2D eigenvalue weighted by atomic mass is 16.6. The molecule has 1 aliphatic rings. The second kappa shape index (κ2) is 7.25. The standard InChI is InChI=1S/C17H19N3O4/c1-12-9-14(24-19-12)11-23-17(22)15-6-2-3-8-20(15)16(21)13-5-4-7-18-10-13/h4-5,7,9-10,15H,2-3,6,8,11H2,1H3/t15-/m0/s1. The third-order valence-corrected chi connectivity index (χ3v) is 3.98. The number of hydrogen-bond acceptors (Lipinski definition) is 6. The van der Waals surface area contributed by atoms with Crippen molar-refractivity contribution in [2.45, 2.75) is 38.8 Å². The summed E-state index contributed by atoms with van der Waals surface area (Å²) in [5, 5.41) is 3.75. The largest absolute Gasteiger partial charge is 0.456 e. The fourth-order valence-corrected chi connectivity index (χ4v) is 2.80. The van der Waals surface area contributed by atoms with Gasteiger partial charge in [0.05, 0.1) is 11.3 Å². The molecular formula is C17H19N3O4. The number of aromatic nitrogens is 2. The fourth-order valence-electron chi connectivity index (χ4n) is 2.80. The Bertz CT molecular complexity index is 714. The SMILES string of the molecule is Cc1cc(COC(=O)[C@@H]2CCCCN2C(=O)c2cccnc2)on1. The van der Waals surface area contributed by atoms with E-state index < -0.39 is 12.0 Å². The van der Waals surface area contributed by atoms with E-state index in [1.54, 1.807) is 36.2 Å². The van der Waals surface area contributed by atoms with Crippen LogP contribution in [0, 0.1) is 6.92 Å². The Hall–Kier alpha value is -2.70. The Morgan fingerprint density at radius 3 is 3.00 bits per heavy atom. The van der Waals surface area contributed by atoms with Crippen LogP contribution in [0.25, 0.3) is 0 Å². The number of piperidine rings is 1. The average molecular weight is 329 g/mol. The van der Waals surface area contributed by atoms with Crippen molar-refractivity contribution >= 4 is 11.9 Å². The van der Waals surface area contributed by atoms with E-state index in [1.165, 1.54) is 6.20 Å². The predicted molar refractivity (Wildman–Crippen MR) is 83.9 cm³/mol. The van der Waals surface area contributed by atoms with E-state index in [4.69, 9.17) is 9.26 Å². The van der Waals surface area contributed by atoms with Crippen LogP contribution in [0.15, 0.2) is 35.1 Å². The number of aryl methyl sites for hydroxylation is 1. The molecule has 2 aromatic heterocycles. The highest BCUT2D eigenvalue weighted by Gasteiger charge is 2.34. The second-order valence-corrected chi connectivity index (χ2v) is 5.79. The second-order valence-electron chi connectivity index (χ2n) is 5.79. The van der Waals surface area contributed by atoms with E-state index >= 15 is 0 Å². The summed E-state index contributed by atoms with van der Waals surface area (Å²) in [4.78, 5) is 30.6. The van der Waals surface area contributed by atoms with Gasteiger partial charge in [-0.25, -0.2) is 4.79 Å². The molecule has 7 nitrogen and oxygen atoms in total. The molecule has 0 bridgehead atoms. The molecule has 0 spiro atoms. The van der Waals surface area contributed by atoms with E-state index in [0.29, 0.717) is 24.3 Å². The summed E-state index contributed by atoms with van der Waals surface area (Å²) in [5.74, 6) is -0.122. The van der Waals surface area contributed by atoms with Crippen LogP contribution in [0.4, 0.5) is 0 Å². The molecule has 1 amide bonds. The predicted octanol–water partition coefficient (Wildman–Crippen LogP) is 2.12. The summed E-state index contributed by atoms with van der Waals surface area (Å²) in [7, 11) is 0. The van der Waals surface area contributed by atoms with Crippen molar-refractivity contribution in [2.24, 2.45) is 0 Å². The lowest BCUT2D eigenvalue weighted by Gasteiger charge is -2.34. The third kappa shape index (κ3) is 3.61. The van der Waals surface area contributed by atoms with Crippen molar-refractivity contribution in [3.05, 3.63) is 47.6 Å². The third-order valence-electron chi connectivity index (χ3n) is 3.98. The molecule has 1 atom stereocenters. The maximum absolute atomic E-state index is 12.6. The lowest BCUT2D eigenvalue weighted by molar-refractivity contribution is -0.152. The van der Waals surface area contributed by atoms with Crippen LogP contribution in [0.3, 0.4) is 0 Å². The first-order valence-corrected chi connectivity index (χ1v) is 7.95. The number of amides is 1. The summed E-state index contributed by atoms with van der Waals surface area (Å²) in [6.07, 6.45) is 5.48. The van der Waals surface area contributed by atoms with Crippen LogP contribution >= 0.6 is 0 Å². The van der Waals surface area contributed by atoms with Gasteiger partial charge >= 0.3 is 5.97 Å². The van der Waals surface area contributed by atoms with Crippen molar-refractivity contribution < 1.29 is 18.8 Å². The first-order valence-electron chi connectivity index (χ1n) is 7.95. The van der Waals surface area contributed by atoms with E-state index in [-0.39, 0.29) is 12.5 Å². The van der Waals surface area contributed by atoms with Gasteiger partial charge in [0.2, 0.25) is 0 Å². The molecule has 2 aromatic rings. The van der Waals surface area contributed by atoms with E-state index in [9.17, 15) is 9.59 Å². The van der Waals surface area contributed by atoms with Gasteiger partial charge in [-0.2, -0.15) is 0 Å². The van der Waals surface area contributed by atoms with Gasteiger partial charge in [0.1, 0.15) is 6.04 Å². The first kappa shape index (κ1) is 16.2. The van der Waals surface area contributed by atoms with Crippen LogP contribution < -0.4 is 0 Å². The number of hydrogen-bond donors (Lipinski definition) is 0. The zero-order valence-corrected chi connectivity index (χ0v) is 13.5. The van der Waals surface area contributed by atoms with Gasteiger partial charge in [-0.1, -0.05) is 5.16 Å². The summed E-state index contributed by atoms with van der Waals surface area (Å²) < 4.78 is 10.3. The van der Waals surface area contributed by atoms with Gasteiger partial charge in [0.15, 0.2) is 12.4 Å². The quantitative estimate of drug-likeness (QED) is 0.799. The molecule has 0 saturated carbocycles. The summed E-state index contributed by atoms with van der Waals surface area (Å²) >= 11 is 0. The number of nitrogens with zero attached hydrogens (tertiary/aromatic N) is 3. The van der Waals surface area contributed by atoms with Gasteiger partial charge in [-0.05, 0) is 38.3 Å². The monoisotopic (exact) mass is 329 g/mol. The molecule has 1 aliphatic heterocycles.